The van der Waals surface area contributed by atoms with Crippen molar-refractivity contribution in [3.63, 3.8) is 0 Å². The first-order valence-electron chi connectivity index (χ1n) is 4.67. The van der Waals surface area contributed by atoms with E-state index in [-0.39, 0.29) is 4.90 Å². The highest BCUT2D eigenvalue weighted by molar-refractivity contribution is 7.90. The number of benzene rings is 1. The maximum absolute atomic E-state index is 11.2. The Bertz CT molecular complexity index is 440. The molecular formula is C10H15NO3S. The lowest BCUT2D eigenvalue weighted by atomic mass is 10.3. The quantitative estimate of drug-likeness (QED) is 0.793. The number of sulfone groups is 1. The molecule has 0 saturated carbocycles. The largest absolute Gasteiger partial charge is 0.491 e. The highest BCUT2D eigenvalue weighted by atomic mass is 32.2. The topological polar surface area (TPSA) is 69.4 Å². The molecule has 2 N–H and O–H groups in total. The molecule has 1 aromatic carbocycles. The zero-order chi connectivity index (χ0) is 11.5. The van der Waals surface area contributed by atoms with Crippen LogP contribution in [0.2, 0.25) is 0 Å². The highest BCUT2D eigenvalue weighted by Gasteiger charge is 2.09. The number of ether oxygens (including phenoxy) is 1. The molecule has 0 aromatic heterocycles. The first kappa shape index (κ1) is 11.8. The predicted octanol–water partition coefficient (Wildman–Crippen LogP) is 1.46. The summed E-state index contributed by atoms with van der Waals surface area (Å²) in [4.78, 5) is 0.212. The SMILES string of the molecule is CCCOc1ccc(S(C)(=O)=O)cc1N. The summed E-state index contributed by atoms with van der Waals surface area (Å²) in [5.74, 6) is 0.532. The average Bonchev–Trinajstić information content (AvgIpc) is 2.14. The molecule has 1 rings (SSSR count). The average molecular weight is 229 g/mol. The minimum Gasteiger partial charge on any atom is -0.491 e. The van der Waals surface area contributed by atoms with Gasteiger partial charge in [0.15, 0.2) is 9.84 Å². The lowest BCUT2D eigenvalue weighted by Gasteiger charge is -2.08. The van der Waals surface area contributed by atoms with E-state index in [2.05, 4.69) is 0 Å². The van der Waals surface area contributed by atoms with Crippen molar-refractivity contribution in [3.05, 3.63) is 18.2 Å². The molecule has 4 nitrogen and oxygen atoms in total. The van der Waals surface area contributed by atoms with E-state index >= 15 is 0 Å². The van der Waals surface area contributed by atoms with Crippen molar-refractivity contribution >= 4 is 15.5 Å². The van der Waals surface area contributed by atoms with Crippen LogP contribution in [-0.4, -0.2) is 21.3 Å². The lowest BCUT2D eigenvalue weighted by Crippen LogP contribution is -2.02. The van der Waals surface area contributed by atoms with Gasteiger partial charge < -0.3 is 10.5 Å². The fourth-order valence-electron chi connectivity index (χ4n) is 1.10. The van der Waals surface area contributed by atoms with E-state index in [1.807, 2.05) is 6.92 Å². The zero-order valence-corrected chi connectivity index (χ0v) is 9.67. The lowest BCUT2D eigenvalue weighted by molar-refractivity contribution is 0.319. The van der Waals surface area contributed by atoms with Crippen LogP contribution in [0.4, 0.5) is 5.69 Å². The van der Waals surface area contributed by atoms with Crippen LogP contribution < -0.4 is 10.5 Å². The van der Waals surface area contributed by atoms with E-state index in [0.29, 0.717) is 18.0 Å². The van der Waals surface area contributed by atoms with Gasteiger partial charge in [0.1, 0.15) is 5.75 Å². The molecule has 0 aliphatic heterocycles. The van der Waals surface area contributed by atoms with Crippen molar-refractivity contribution in [2.24, 2.45) is 0 Å². The number of hydrogen-bond donors (Lipinski definition) is 1. The Kier molecular flexibility index (Phi) is 3.57. The van der Waals surface area contributed by atoms with Gasteiger partial charge in [-0.05, 0) is 24.6 Å². The molecule has 1 aromatic rings. The summed E-state index contributed by atoms with van der Waals surface area (Å²) in [7, 11) is -3.20. The van der Waals surface area contributed by atoms with Crippen LogP contribution in [0.15, 0.2) is 23.1 Å². The summed E-state index contributed by atoms with van der Waals surface area (Å²) < 4.78 is 27.8. The van der Waals surface area contributed by atoms with Crippen molar-refractivity contribution in [3.8, 4) is 5.75 Å². The fourth-order valence-corrected chi connectivity index (χ4v) is 1.76. The molecule has 84 valence electrons. The van der Waals surface area contributed by atoms with E-state index in [1.165, 1.54) is 12.1 Å². The normalized spacial score (nSPS) is 11.3. The van der Waals surface area contributed by atoms with Crippen LogP contribution >= 0.6 is 0 Å². The van der Waals surface area contributed by atoms with Gasteiger partial charge in [-0.1, -0.05) is 6.92 Å². The number of rotatable bonds is 4. The molecule has 0 fully saturated rings. The Morgan fingerprint density at radius 3 is 2.53 bits per heavy atom. The third-order valence-electron chi connectivity index (χ3n) is 1.87. The number of nitrogens with two attached hydrogens (primary N) is 1. The Morgan fingerprint density at radius 2 is 2.07 bits per heavy atom. The van der Waals surface area contributed by atoms with E-state index in [9.17, 15) is 8.42 Å². The third kappa shape index (κ3) is 3.13. The summed E-state index contributed by atoms with van der Waals surface area (Å²) in [5.41, 5.74) is 6.02. The summed E-state index contributed by atoms with van der Waals surface area (Å²) in [5, 5.41) is 0. The first-order chi connectivity index (χ1) is 6.95. The van der Waals surface area contributed by atoms with E-state index in [4.69, 9.17) is 10.5 Å². The van der Waals surface area contributed by atoms with Gasteiger partial charge in [-0.25, -0.2) is 8.42 Å². The third-order valence-corrected chi connectivity index (χ3v) is 2.98. The van der Waals surface area contributed by atoms with E-state index in [0.717, 1.165) is 12.7 Å². The maximum atomic E-state index is 11.2. The number of nitrogen functional groups attached to an aromatic ring is 1. The molecular weight excluding hydrogens is 214 g/mol. The summed E-state index contributed by atoms with van der Waals surface area (Å²) in [6, 6.07) is 4.50. The van der Waals surface area contributed by atoms with Crippen molar-refractivity contribution < 1.29 is 13.2 Å². The van der Waals surface area contributed by atoms with Crippen LogP contribution in [0.5, 0.6) is 5.75 Å². The Morgan fingerprint density at radius 1 is 1.40 bits per heavy atom. The predicted molar refractivity (Wildman–Crippen MR) is 59.8 cm³/mol. The van der Waals surface area contributed by atoms with Crippen molar-refractivity contribution in [2.45, 2.75) is 18.2 Å². The van der Waals surface area contributed by atoms with Crippen LogP contribution in [0.25, 0.3) is 0 Å². The molecule has 0 heterocycles. The Hall–Kier alpha value is -1.23. The second-order valence-electron chi connectivity index (χ2n) is 3.32. The molecule has 0 saturated heterocycles. The molecule has 0 atom stereocenters. The van der Waals surface area contributed by atoms with Crippen molar-refractivity contribution in [1.82, 2.24) is 0 Å². The molecule has 0 bridgehead atoms. The van der Waals surface area contributed by atoms with Gasteiger partial charge in [0, 0.05) is 6.26 Å². The molecule has 0 spiro atoms. The van der Waals surface area contributed by atoms with Crippen LogP contribution in [-0.2, 0) is 9.84 Å². The van der Waals surface area contributed by atoms with Gasteiger partial charge in [-0.2, -0.15) is 0 Å². The van der Waals surface area contributed by atoms with Gasteiger partial charge >= 0.3 is 0 Å². The second-order valence-corrected chi connectivity index (χ2v) is 5.34. The van der Waals surface area contributed by atoms with Gasteiger partial charge in [-0.3, -0.25) is 0 Å². The molecule has 0 aliphatic carbocycles. The van der Waals surface area contributed by atoms with Gasteiger partial charge in [0.25, 0.3) is 0 Å². The maximum Gasteiger partial charge on any atom is 0.175 e. The number of hydrogen-bond acceptors (Lipinski definition) is 4. The van der Waals surface area contributed by atoms with Crippen molar-refractivity contribution in [1.29, 1.82) is 0 Å². The molecule has 0 radical (unpaired) electrons. The second kappa shape index (κ2) is 4.53. The minimum atomic E-state index is -3.20. The minimum absolute atomic E-state index is 0.212. The Balaban J connectivity index is 2.99. The van der Waals surface area contributed by atoms with Gasteiger partial charge in [0.05, 0.1) is 17.2 Å². The van der Waals surface area contributed by atoms with Crippen LogP contribution in [0, 0.1) is 0 Å². The summed E-state index contributed by atoms with van der Waals surface area (Å²) >= 11 is 0. The Labute approximate surface area is 90.0 Å². The molecule has 0 amide bonds. The van der Waals surface area contributed by atoms with E-state index in [1.54, 1.807) is 6.07 Å². The number of anilines is 1. The van der Waals surface area contributed by atoms with Crippen molar-refractivity contribution in [2.75, 3.05) is 18.6 Å². The van der Waals surface area contributed by atoms with Crippen LogP contribution in [0.1, 0.15) is 13.3 Å². The summed E-state index contributed by atoms with van der Waals surface area (Å²) in [6.07, 6.45) is 2.03. The monoisotopic (exact) mass is 229 g/mol. The molecule has 15 heavy (non-hydrogen) atoms. The van der Waals surface area contributed by atoms with Gasteiger partial charge in [-0.15, -0.1) is 0 Å². The standard InChI is InChI=1S/C10H15NO3S/c1-3-6-14-10-5-4-8(7-9(10)11)15(2,12)13/h4-5,7H,3,6,11H2,1-2H3. The first-order valence-corrected chi connectivity index (χ1v) is 6.56. The smallest absolute Gasteiger partial charge is 0.175 e. The zero-order valence-electron chi connectivity index (χ0n) is 8.86. The molecule has 0 unspecified atom stereocenters. The van der Waals surface area contributed by atoms with E-state index < -0.39 is 9.84 Å². The fraction of sp³-hybridized carbons (Fsp3) is 0.400. The molecule has 0 aliphatic rings. The summed E-state index contributed by atoms with van der Waals surface area (Å²) in [6.45, 7) is 2.56. The highest BCUT2D eigenvalue weighted by Crippen LogP contribution is 2.24. The van der Waals surface area contributed by atoms with Gasteiger partial charge in [0.2, 0.25) is 0 Å². The van der Waals surface area contributed by atoms with Crippen LogP contribution in [0.3, 0.4) is 0 Å². The molecule has 5 heteroatoms.